The highest BCUT2D eigenvalue weighted by molar-refractivity contribution is 5.87. The van der Waals surface area contributed by atoms with Gasteiger partial charge in [-0.15, -0.1) is 0 Å². The molecule has 19 atom stereocenters. The quantitative estimate of drug-likeness (QED) is 0.0453. The summed E-state index contributed by atoms with van der Waals surface area (Å²) >= 11 is 0. The standard InChI is InChI=1S/C40H54O24/c1-15-26(48)30(52)36(64-38-31(53)27(49)22(46)13-57-38)40(59-15)63-35-33(55)39(56-9-8-17-3-6-19(43)21(45)11-17)61-24(14-58-37-32(54)29(51)28(50)23(12-41)60-37)34(35)62-25(47)7-4-16-2-5-18(42)20(44)10-16/h2-7,10-11,15,22-24,26-46,48-55H,8-9,12-14H2,1H3. The second-order valence-corrected chi connectivity index (χ2v) is 15.6. The zero-order chi connectivity index (χ0) is 46.6. The van der Waals surface area contributed by atoms with E-state index >= 15 is 0 Å². The minimum atomic E-state index is -1.97. The molecule has 358 valence electrons. The van der Waals surface area contributed by atoms with E-state index in [-0.39, 0.29) is 24.3 Å². The molecule has 0 amide bonds. The third kappa shape index (κ3) is 11.4. The van der Waals surface area contributed by atoms with Crippen LogP contribution in [0, 0.1) is 0 Å². The average Bonchev–Trinajstić information content (AvgIpc) is 3.26. The summed E-state index contributed by atoms with van der Waals surface area (Å²) in [5, 5.41) is 145. The molecule has 4 aliphatic heterocycles. The highest BCUT2D eigenvalue weighted by Gasteiger charge is 2.55. The average molecular weight is 919 g/mol. The molecule has 6 rings (SSSR count). The third-order valence-electron chi connectivity index (χ3n) is 11.1. The number of ether oxygens (including phenoxy) is 9. The molecule has 19 unspecified atom stereocenters. The Balaban J connectivity index is 1.33. The van der Waals surface area contributed by atoms with E-state index in [1.54, 1.807) is 0 Å². The summed E-state index contributed by atoms with van der Waals surface area (Å²) in [5.74, 6) is -2.89. The van der Waals surface area contributed by atoms with E-state index in [2.05, 4.69) is 0 Å². The molecular weight excluding hydrogens is 864 g/mol. The number of phenolic OH excluding ortho intramolecular Hbond substituents is 4. The molecule has 2 aromatic carbocycles. The second-order valence-electron chi connectivity index (χ2n) is 15.6. The SMILES string of the molecule is CC1OC(OC2C(O)C(OCCc3ccc(O)c(O)c3)OC(COC3OC(CO)C(O)C(O)C3O)C2OC(=O)C=Cc2ccc(O)c(O)c2)C(OC2OCC(O)C(O)C2O)C(O)C1O. The second kappa shape index (κ2) is 21.6. The van der Waals surface area contributed by atoms with Crippen LogP contribution in [-0.2, 0) is 53.8 Å². The van der Waals surface area contributed by atoms with Gasteiger partial charge in [0.2, 0.25) is 0 Å². The first-order chi connectivity index (χ1) is 30.4. The lowest BCUT2D eigenvalue weighted by Crippen LogP contribution is -2.66. The Bertz CT molecular complexity index is 1870. The maximum absolute atomic E-state index is 13.6. The number of aliphatic hydroxyl groups is 10. The fourth-order valence-electron chi connectivity index (χ4n) is 7.32. The summed E-state index contributed by atoms with van der Waals surface area (Å²) in [6, 6.07) is 7.62. The van der Waals surface area contributed by atoms with Crippen LogP contribution < -0.4 is 0 Å². The first-order valence-corrected chi connectivity index (χ1v) is 20.2. The van der Waals surface area contributed by atoms with Gasteiger partial charge in [-0.2, -0.15) is 0 Å². The van der Waals surface area contributed by atoms with Crippen LogP contribution in [0.3, 0.4) is 0 Å². The Kier molecular flexibility index (Phi) is 16.7. The fourth-order valence-corrected chi connectivity index (χ4v) is 7.32. The lowest BCUT2D eigenvalue weighted by molar-refractivity contribution is -0.383. The zero-order valence-electron chi connectivity index (χ0n) is 34.0. The number of carbonyl (C=O) groups excluding carboxylic acids is 1. The van der Waals surface area contributed by atoms with Gasteiger partial charge >= 0.3 is 5.97 Å². The highest BCUT2D eigenvalue weighted by atomic mass is 16.8. The van der Waals surface area contributed by atoms with E-state index in [9.17, 15) is 76.3 Å². The van der Waals surface area contributed by atoms with Crippen molar-refractivity contribution in [2.75, 3.05) is 26.4 Å². The fraction of sp³-hybridized carbons (Fsp3) is 0.625. The van der Waals surface area contributed by atoms with E-state index in [0.29, 0.717) is 5.56 Å². The van der Waals surface area contributed by atoms with Gasteiger partial charge in [-0.25, -0.2) is 4.79 Å². The normalized spacial score (nSPS) is 39.5. The van der Waals surface area contributed by atoms with Crippen molar-refractivity contribution in [2.45, 2.75) is 130 Å². The molecule has 4 saturated heterocycles. The van der Waals surface area contributed by atoms with Gasteiger partial charge in [-0.05, 0) is 54.8 Å². The summed E-state index contributed by atoms with van der Waals surface area (Å²) < 4.78 is 52.3. The van der Waals surface area contributed by atoms with Crippen molar-refractivity contribution in [1.29, 1.82) is 0 Å². The minimum absolute atomic E-state index is 0.0571. The smallest absolute Gasteiger partial charge is 0.331 e. The van der Waals surface area contributed by atoms with Gasteiger partial charge in [0.05, 0.1) is 32.5 Å². The van der Waals surface area contributed by atoms with Crippen molar-refractivity contribution < 1.29 is 119 Å². The summed E-state index contributed by atoms with van der Waals surface area (Å²) in [6.07, 6.45) is -30.8. The van der Waals surface area contributed by atoms with Crippen molar-refractivity contribution in [3.8, 4) is 23.0 Å². The van der Waals surface area contributed by atoms with Gasteiger partial charge in [0.25, 0.3) is 0 Å². The van der Waals surface area contributed by atoms with E-state index in [0.717, 1.165) is 18.2 Å². The molecule has 2 aromatic rings. The predicted molar refractivity (Wildman–Crippen MR) is 206 cm³/mol. The van der Waals surface area contributed by atoms with Crippen LogP contribution in [0.15, 0.2) is 42.5 Å². The molecule has 0 radical (unpaired) electrons. The maximum Gasteiger partial charge on any atom is 0.331 e. The first kappa shape index (κ1) is 49.6. The zero-order valence-corrected chi connectivity index (χ0v) is 34.0. The summed E-state index contributed by atoms with van der Waals surface area (Å²) in [7, 11) is 0. The van der Waals surface area contributed by atoms with Crippen molar-refractivity contribution >= 4 is 12.0 Å². The molecule has 0 spiro atoms. The van der Waals surface area contributed by atoms with Gasteiger partial charge in [-0.1, -0.05) is 12.1 Å². The van der Waals surface area contributed by atoms with Crippen LogP contribution in [0.2, 0.25) is 0 Å². The van der Waals surface area contributed by atoms with Crippen LogP contribution in [-0.4, -0.2) is 221 Å². The number of aliphatic hydroxyl groups excluding tert-OH is 10. The van der Waals surface area contributed by atoms with Crippen LogP contribution in [0.25, 0.3) is 6.08 Å². The van der Waals surface area contributed by atoms with Crippen molar-refractivity contribution in [3.05, 3.63) is 53.6 Å². The van der Waals surface area contributed by atoms with Gasteiger partial charge in [0.1, 0.15) is 79.4 Å². The number of esters is 1. The van der Waals surface area contributed by atoms with E-state index < -0.39 is 160 Å². The first-order valence-electron chi connectivity index (χ1n) is 20.2. The van der Waals surface area contributed by atoms with Crippen molar-refractivity contribution in [3.63, 3.8) is 0 Å². The number of hydrogen-bond acceptors (Lipinski definition) is 24. The van der Waals surface area contributed by atoms with Gasteiger partial charge < -0.3 is 114 Å². The van der Waals surface area contributed by atoms with Crippen LogP contribution >= 0.6 is 0 Å². The number of aromatic hydroxyl groups is 4. The van der Waals surface area contributed by atoms with Gasteiger partial charge in [0.15, 0.2) is 54.3 Å². The largest absolute Gasteiger partial charge is 0.504 e. The highest BCUT2D eigenvalue weighted by Crippen LogP contribution is 2.35. The molecule has 64 heavy (non-hydrogen) atoms. The van der Waals surface area contributed by atoms with Crippen molar-refractivity contribution in [2.24, 2.45) is 0 Å². The molecule has 0 aromatic heterocycles. The Labute approximate surface area is 363 Å². The van der Waals surface area contributed by atoms with E-state index in [1.807, 2.05) is 0 Å². The van der Waals surface area contributed by atoms with E-state index in [1.165, 1.54) is 37.3 Å². The molecule has 4 aliphatic rings. The van der Waals surface area contributed by atoms with Crippen molar-refractivity contribution in [1.82, 2.24) is 0 Å². The number of carbonyl (C=O) groups is 1. The van der Waals surface area contributed by atoms with Crippen LogP contribution in [0.5, 0.6) is 23.0 Å². The molecule has 14 N–H and O–H groups in total. The molecule has 4 fully saturated rings. The summed E-state index contributed by atoms with van der Waals surface area (Å²) in [5.41, 5.74) is 0.693. The lowest BCUT2D eigenvalue weighted by Gasteiger charge is -2.48. The molecule has 0 aliphatic carbocycles. The summed E-state index contributed by atoms with van der Waals surface area (Å²) in [4.78, 5) is 13.6. The molecule has 4 heterocycles. The Morgan fingerprint density at radius 2 is 1.28 bits per heavy atom. The molecule has 0 saturated carbocycles. The van der Waals surface area contributed by atoms with Crippen LogP contribution in [0.4, 0.5) is 0 Å². The van der Waals surface area contributed by atoms with E-state index in [4.69, 9.17) is 42.6 Å². The molecule has 0 bridgehead atoms. The Morgan fingerprint density at radius 1 is 0.641 bits per heavy atom. The number of rotatable bonds is 15. The minimum Gasteiger partial charge on any atom is -0.504 e. The number of hydrogen-bond donors (Lipinski definition) is 14. The van der Waals surface area contributed by atoms with Gasteiger partial charge in [-0.3, -0.25) is 0 Å². The molecule has 24 nitrogen and oxygen atoms in total. The van der Waals surface area contributed by atoms with Crippen LogP contribution in [0.1, 0.15) is 18.1 Å². The third-order valence-corrected chi connectivity index (χ3v) is 11.1. The maximum atomic E-state index is 13.6. The topological polar surface area (TPSA) is 383 Å². The number of phenols is 4. The number of benzene rings is 2. The monoisotopic (exact) mass is 918 g/mol. The lowest BCUT2D eigenvalue weighted by atomic mass is 9.96. The van der Waals surface area contributed by atoms with Gasteiger partial charge in [0, 0.05) is 6.08 Å². The summed E-state index contributed by atoms with van der Waals surface area (Å²) in [6.45, 7) is -0.978. The Morgan fingerprint density at radius 3 is 1.97 bits per heavy atom. The molecule has 24 heteroatoms. The Hall–Kier alpha value is -3.87. The molecular formula is C40H54O24. The predicted octanol–water partition coefficient (Wildman–Crippen LogP) is -4.73.